The van der Waals surface area contributed by atoms with E-state index in [2.05, 4.69) is 15.4 Å². The maximum Gasteiger partial charge on any atom is 0.255 e. The van der Waals surface area contributed by atoms with E-state index in [0.29, 0.717) is 17.2 Å². The number of benzene rings is 2. The summed E-state index contributed by atoms with van der Waals surface area (Å²) in [4.78, 5) is 16.5. The van der Waals surface area contributed by atoms with Gasteiger partial charge in [0.1, 0.15) is 5.82 Å². The van der Waals surface area contributed by atoms with Crippen LogP contribution in [0.25, 0.3) is 5.65 Å². The topological polar surface area (TPSA) is 68.5 Å². The Bertz CT molecular complexity index is 1170. The van der Waals surface area contributed by atoms with Gasteiger partial charge in [0.05, 0.1) is 6.20 Å². The van der Waals surface area contributed by atoms with E-state index in [0.717, 1.165) is 6.07 Å². The number of ether oxygens (including phenoxy) is 1. The van der Waals surface area contributed by atoms with Crippen molar-refractivity contribution in [3.05, 3.63) is 83.7 Å². The molecule has 0 unspecified atom stereocenters. The van der Waals surface area contributed by atoms with Gasteiger partial charge in [-0.15, -0.1) is 0 Å². The van der Waals surface area contributed by atoms with E-state index >= 15 is 0 Å². The second-order valence-electron chi connectivity index (χ2n) is 6.05. The molecule has 0 saturated carbocycles. The molecule has 140 valence electrons. The summed E-state index contributed by atoms with van der Waals surface area (Å²) in [5, 5.41) is 6.66. The molecule has 0 spiro atoms. The number of hydrogen-bond acceptors (Lipinski definition) is 4. The van der Waals surface area contributed by atoms with Gasteiger partial charge in [-0.25, -0.2) is 13.8 Å². The zero-order chi connectivity index (χ0) is 19.7. The predicted molar refractivity (Wildman–Crippen MR) is 98.6 cm³/mol. The van der Waals surface area contributed by atoms with E-state index in [1.54, 1.807) is 25.3 Å². The molecule has 4 rings (SSSR count). The first kappa shape index (κ1) is 17.6. The zero-order valence-corrected chi connectivity index (χ0v) is 14.7. The Hall–Kier alpha value is -3.81. The van der Waals surface area contributed by atoms with E-state index in [-0.39, 0.29) is 17.0 Å². The van der Waals surface area contributed by atoms with E-state index < -0.39 is 17.5 Å². The highest BCUT2D eigenvalue weighted by molar-refractivity contribution is 6.04. The quantitative estimate of drug-likeness (QED) is 0.571. The van der Waals surface area contributed by atoms with Crippen molar-refractivity contribution in [1.82, 2.24) is 14.6 Å². The van der Waals surface area contributed by atoms with Crippen LogP contribution in [0.15, 0.2) is 60.8 Å². The number of aryl methyl sites for hydroxylation is 1. The fourth-order valence-corrected chi connectivity index (χ4v) is 2.65. The van der Waals surface area contributed by atoms with Crippen molar-refractivity contribution >= 4 is 17.2 Å². The Morgan fingerprint density at radius 2 is 1.86 bits per heavy atom. The average Bonchev–Trinajstić information content (AvgIpc) is 3.13. The van der Waals surface area contributed by atoms with E-state index in [1.807, 2.05) is 0 Å². The standard InChI is InChI=1S/C20H14F2N4O2/c1-12-10-19(26-18(24-12)8-9-23-26)28-17-7-6-15(11-16(17)22)25-20(27)13-2-4-14(21)5-3-13/h2-11H,1H3,(H,25,27). The fraction of sp³-hybridized carbons (Fsp3) is 0.0500. The Labute approximate surface area is 158 Å². The maximum absolute atomic E-state index is 14.5. The van der Waals surface area contributed by atoms with Gasteiger partial charge in [-0.3, -0.25) is 4.79 Å². The number of hydrogen-bond donors (Lipinski definition) is 1. The molecule has 0 aliphatic rings. The molecule has 2 heterocycles. The monoisotopic (exact) mass is 380 g/mol. The summed E-state index contributed by atoms with van der Waals surface area (Å²) in [5.41, 5.74) is 1.79. The summed E-state index contributed by atoms with van der Waals surface area (Å²) >= 11 is 0. The number of nitrogens with zero attached hydrogens (tertiary/aromatic N) is 3. The van der Waals surface area contributed by atoms with Crippen LogP contribution in [0.5, 0.6) is 11.6 Å². The molecule has 2 aromatic heterocycles. The molecule has 2 aromatic carbocycles. The number of anilines is 1. The van der Waals surface area contributed by atoms with E-state index in [1.165, 1.54) is 40.9 Å². The minimum absolute atomic E-state index is 0.0258. The molecule has 0 saturated heterocycles. The Morgan fingerprint density at radius 1 is 1.07 bits per heavy atom. The molecule has 1 N–H and O–H groups in total. The Morgan fingerprint density at radius 3 is 2.61 bits per heavy atom. The van der Waals surface area contributed by atoms with Crippen LogP contribution in [0.2, 0.25) is 0 Å². The number of amides is 1. The number of carbonyl (C=O) groups is 1. The molecule has 0 aliphatic carbocycles. The second kappa shape index (κ2) is 7.07. The van der Waals surface area contributed by atoms with Gasteiger partial charge in [0.25, 0.3) is 5.91 Å². The highest BCUT2D eigenvalue weighted by atomic mass is 19.1. The lowest BCUT2D eigenvalue weighted by Crippen LogP contribution is -2.12. The summed E-state index contributed by atoms with van der Waals surface area (Å²) in [6.45, 7) is 1.80. The van der Waals surface area contributed by atoms with Gasteiger partial charge in [-0.1, -0.05) is 0 Å². The van der Waals surface area contributed by atoms with Crippen molar-refractivity contribution in [3.8, 4) is 11.6 Å². The second-order valence-corrected chi connectivity index (χ2v) is 6.05. The molecular weight excluding hydrogens is 366 g/mol. The molecule has 0 atom stereocenters. The number of aromatic nitrogens is 3. The van der Waals surface area contributed by atoms with E-state index in [4.69, 9.17) is 4.74 Å². The molecule has 28 heavy (non-hydrogen) atoms. The van der Waals surface area contributed by atoms with Gasteiger partial charge in [0.2, 0.25) is 5.88 Å². The van der Waals surface area contributed by atoms with Crippen molar-refractivity contribution in [1.29, 1.82) is 0 Å². The molecule has 6 nitrogen and oxygen atoms in total. The van der Waals surface area contributed by atoms with Crippen LogP contribution in [0.4, 0.5) is 14.5 Å². The number of carbonyl (C=O) groups excluding carboxylic acids is 1. The lowest BCUT2D eigenvalue weighted by Gasteiger charge is -2.11. The van der Waals surface area contributed by atoms with Crippen molar-refractivity contribution in [2.24, 2.45) is 0 Å². The normalized spacial score (nSPS) is 10.8. The summed E-state index contributed by atoms with van der Waals surface area (Å²) in [7, 11) is 0. The summed E-state index contributed by atoms with van der Waals surface area (Å²) < 4.78 is 34.6. The lowest BCUT2D eigenvalue weighted by molar-refractivity contribution is 0.102. The highest BCUT2D eigenvalue weighted by Crippen LogP contribution is 2.27. The van der Waals surface area contributed by atoms with E-state index in [9.17, 15) is 13.6 Å². The number of halogens is 2. The van der Waals surface area contributed by atoms with Gasteiger partial charge >= 0.3 is 0 Å². The summed E-state index contributed by atoms with van der Waals surface area (Å²) in [6.07, 6.45) is 1.57. The largest absolute Gasteiger partial charge is 0.436 e. The minimum Gasteiger partial charge on any atom is -0.436 e. The number of fused-ring (bicyclic) bond motifs is 1. The molecule has 4 aromatic rings. The van der Waals surface area contributed by atoms with Crippen molar-refractivity contribution in [2.75, 3.05) is 5.32 Å². The van der Waals surface area contributed by atoms with Crippen molar-refractivity contribution in [3.63, 3.8) is 0 Å². The van der Waals surface area contributed by atoms with Crippen LogP contribution in [0.1, 0.15) is 16.1 Å². The van der Waals surface area contributed by atoms with Crippen molar-refractivity contribution < 1.29 is 18.3 Å². The van der Waals surface area contributed by atoms with Crippen LogP contribution >= 0.6 is 0 Å². The third kappa shape index (κ3) is 3.52. The number of rotatable bonds is 4. The van der Waals surface area contributed by atoms with Crippen molar-refractivity contribution in [2.45, 2.75) is 6.92 Å². The minimum atomic E-state index is -0.660. The highest BCUT2D eigenvalue weighted by Gasteiger charge is 2.12. The average molecular weight is 380 g/mol. The van der Waals surface area contributed by atoms with Crippen LogP contribution < -0.4 is 10.1 Å². The van der Waals surface area contributed by atoms with Crippen LogP contribution in [0, 0.1) is 18.6 Å². The predicted octanol–water partition coefficient (Wildman–Crippen LogP) is 4.36. The molecule has 0 radical (unpaired) electrons. The Balaban J connectivity index is 1.55. The number of nitrogens with one attached hydrogen (secondary N) is 1. The first-order valence-electron chi connectivity index (χ1n) is 8.35. The summed E-state index contributed by atoms with van der Waals surface area (Å²) in [5.74, 6) is -1.29. The first-order chi connectivity index (χ1) is 13.5. The zero-order valence-electron chi connectivity index (χ0n) is 14.7. The fourth-order valence-electron chi connectivity index (χ4n) is 2.65. The molecular formula is C20H14F2N4O2. The maximum atomic E-state index is 14.5. The third-order valence-corrected chi connectivity index (χ3v) is 3.97. The molecule has 0 aliphatic heterocycles. The summed E-state index contributed by atoms with van der Waals surface area (Å²) in [6, 6.07) is 12.5. The molecule has 8 heteroatoms. The lowest BCUT2D eigenvalue weighted by atomic mass is 10.2. The molecule has 0 fully saturated rings. The molecule has 1 amide bonds. The van der Waals surface area contributed by atoms with Crippen LogP contribution in [-0.4, -0.2) is 20.5 Å². The van der Waals surface area contributed by atoms with Gasteiger partial charge in [0.15, 0.2) is 17.2 Å². The SMILES string of the molecule is Cc1cc(Oc2ccc(NC(=O)c3ccc(F)cc3)cc2F)n2nccc2n1. The third-order valence-electron chi connectivity index (χ3n) is 3.97. The first-order valence-corrected chi connectivity index (χ1v) is 8.35. The van der Waals surface area contributed by atoms with Crippen LogP contribution in [0.3, 0.4) is 0 Å². The van der Waals surface area contributed by atoms with Gasteiger partial charge in [-0.2, -0.15) is 9.61 Å². The van der Waals surface area contributed by atoms with Gasteiger partial charge in [0, 0.05) is 35.1 Å². The van der Waals surface area contributed by atoms with Gasteiger partial charge < -0.3 is 10.1 Å². The Kier molecular flexibility index (Phi) is 4.44. The van der Waals surface area contributed by atoms with Crippen LogP contribution in [-0.2, 0) is 0 Å². The smallest absolute Gasteiger partial charge is 0.255 e. The molecule has 0 bridgehead atoms. The van der Waals surface area contributed by atoms with Gasteiger partial charge in [-0.05, 0) is 43.3 Å².